The lowest BCUT2D eigenvalue weighted by Crippen LogP contribution is -1.89. The second-order valence-electron chi connectivity index (χ2n) is 2.80. The molecule has 4 nitrogen and oxygen atoms in total. The lowest BCUT2D eigenvalue weighted by atomic mass is 10.2. The number of nitrogens with zero attached hydrogens (tertiary/aromatic N) is 2. The fourth-order valence-corrected chi connectivity index (χ4v) is 1.76. The predicted octanol–water partition coefficient (Wildman–Crippen LogP) is 1.94. The molecule has 0 saturated heterocycles. The predicted molar refractivity (Wildman–Crippen MR) is 56.3 cm³/mol. The van der Waals surface area contributed by atoms with Gasteiger partial charge in [0, 0.05) is 11.6 Å². The third-order valence-electron chi connectivity index (χ3n) is 1.85. The highest BCUT2D eigenvalue weighted by Crippen LogP contribution is 2.27. The van der Waals surface area contributed by atoms with Gasteiger partial charge in [0.15, 0.2) is 0 Å². The first-order valence-electron chi connectivity index (χ1n) is 4.14. The van der Waals surface area contributed by atoms with Crippen LogP contribution in [0.5, 0.6) is 5.75 Å². The van der Waals surface area contributed by atoms with Crippen molar-refractivity contribution in [2.75, 3.05) is 12.8 Å². The monoisotopic (exact) mass is 225 g/mol. The van der Waals surface area contributed by atoms with E-state index in [0.29, 0.717) is 16.3 Å². The van der Waals surface area contributed by atoms with E-state index in [2.05, 4.69) is 9.36 Å². The Kier molecular flexibility index (Phi) is 2.51. The fourth-order valence-electron chi connectivity index (χ4n) is 1.14. The van der Waals surface area contributed by atoms with Crippen LogP contribution in [-0.4, -0.2) is 16.5 Å². The molecule has 2 rings (SSSR count). The third kappa shape index (κ3) is 1.89. The van der Waals surface area contributed by atoms with E-state index in [-0.39, 0.29) is 5.95 Å². The molecule has 15 heavy (non-hydrogen) atoms. The Hall–Kier alpha value is -1.69. The van der Waals surface area contributed by atoms with Crippen LogP contribution in [0, 0.1) is 5.82 Å². The molecule has 1 aromatic heterocycles. The molecule has 6 heteroatoms. The van der Waals surface area contributed by atoms with Gasteiger partial charge >= 0.3 is 0 Å². The molecule has 0 fully saturated rings. The molecular formula is C9H8FN3OS. The number of anilines is 1. The minimum Gasteiger partial charge on any atom is -0.497 e. The Morgan fingerprint density at radius 3 is 2.80 bits per heavy atom. The molecule has 1 aromatic carbocycles. The van der Waals surface area contributed by atoms with E-state index in [4.69, 9.17) is 10.5 Å². The van der Waals surface area contributed by atoms with E-state index in [9.17, 15) is 4.39 Å². The van der Waals surface area contributed by atoms with Gasteiger partial charge in [0.2, 0.25) is 5.95 Å². The molecule has 78 valence electrons. The van der Waals surface area contributed by atoms with Gasteiger partial charge in [-0.2, -0.15) is 9.36 Å². The van der Waals surface area contributed by atoms with Crippen LogP contribution in [0.25, 0.3) is 10.6 Å². The summed E-state index contributed by atoms with van der Waals surface area (Å²) in [5, 5.41) is 0.465. The molecule has 2 aromatic rings. The number of methoxy groups -OCH3 is 1. The number of aromatic nitrogens is 2. The molecule has 1 heterocycles. The van der Waals surface area contributed by atoms with Crippen molar-refractivity contribution >= 4 is 17.5 Å². The maximum absolute atomic E-state index is 13.6. The Morgan fingerprint density at radius 1 is 1.47 bits per heavy atom. The van der Waals surface area contributed by atoms with Crippen LogP contribution in [0.1, 0.15) is 0 Å². The van der Waals surface area contributed by atoms with Crippen molar-refractivity contribution in [1.29, 1.82) is 0 Å². The quantitative estimate of drug-likeness (QED) is 0.848. The molecule has 0 aliphatic rings. The lowest BCUT2D eigenvalue weighted by Gasteiger charge is -2.01. The number of hydrogen-bond donors (Lipinski definition) is 1. The van der Waals surface area contributed by atoms with Gasteiger partial charge in [0.25, 0.3) is 0 Å². The summed E-state index contributed by atoms with van der Waals surface area (Å²) in [4.78, 5) is 3.90. The van der Waals surface area contributed by atoms with Gasteiger partial charge in [-0.1, -0.05) is 0 Å². The average Bonchev–Trinajstić information content (AvgIpc) is 2.64. The van der Waals surface area contributed by atoms with Crippen molar-refractivity contribution in [3.63, 3.8) is 0 Å². The lowest BCUT2D eigenvalue weighted by molar-refractivity contribution is 0.411. The number of hydrogen-bond acceptors (Lipinski definition) is 5. The first-order valence-corrected chi connectivity index (χ1v) is 4.91. The van der Waals surface area contributed by atoms with Gasteiger partial charge in [0.1, 0.15) is 16.6 Å². The summed E-state index contributed by atoms with van der Waals surface area (Å²) in [5.41, 5.74) is 5.74. The number of ether oxygens (including phenoxy) is 1. The van der Waals surface area contributed by atoms with Crippen molar-refractivity contribution in [2.45, 2.75) is 0 Å². The smallest absolute Gasteiger partial charge is 0.232 e. The van der Waals surface area contributed by atoms with E-state index in [1.54, 1.807) is 12.1 Å². The average molecular weight is 225 g/mol. The summed E-state index contributed by atoms with van der Waals surface area (Å²) in [7, 11) is 1.48. The SMILES string of the molecule is COc1ccc(-c2nc(N)ns2)c(F)c1. The zero-order valence-electron chi connectivity index (χ0n) is 7.90. The van der Waals surface area contributed by atoms with Gasteiger partial charge < -0.3 is 10.5 Å². The molecular weight excluding hydrogens is 217 g/mol. The standard InChI is InChI=1S/C9H8FN3OS/c1-14-5-2-3-6(7(10)4-5)8-12-9(11)13-15-8/h2-4H,1H3,(H2,11,13). The van der Waals surface area contributed by atoms with Crippen LogP contribution in [0.15, 0.2) is 18.2 Å². The zero-order valence-corrected chi connectivity index (χ0v) is 8.71. The first kappa shape index (κ1) is 9.85. The maximum Gasteiger partial charge on any atom is 0.232 e. The highest BCUT2D eigenvalue weighted by molar-refractivity contribution is 7.09. The number of benzene rings is 1. The number of halogens is 1. The van der Waals surface area contributed by atoms with E-state index >= 15 is 0 Å². The summed E-state index contributed by atoms with van der Waals surface area (Å²) in [6.45, 7) is 0. The van der Waals surface area contributed by atoms with E-state index in [1.807, 2.05) is 0 Å². The summed E-state index contributed by atoms with van der Waals surface area (Å²) in [6.07, 6.45) is 0. The molecule has 2 N–H and O–H groups in total. The molecule has 0 atom stereocenters. The van der Waals surface area contributed by atoms with E-state index in [0.717, 1.165) is 11.5 Å². The Bertz CT molecular complexity index is 486. The van der Waals surface area contributed by atoms with Crippen LogP contribution >= 0.6 is 11.5 Å². The second-order valence-corrected chi connectivity index (χ2v) is 3.56. The Balaban J connectivity index is 2.45. The van der Waals surface area contributed by atoms with Crippen molar-refractivity contribution < 1.29 is 9.13 Å². The highest BCUT2D eigenvalue weighted by Gasteiger charge is 2.10. The van der Waals surface area contributed by atoms with Crippen LogP contribution < -0.4 is 10.5 Å². The Morgan fingerprint density at radius 2 is 2.27 bits per heavy atom. The molecule has 0 aliphatic heterocycles. The first-order chi connectivity index (χ1) is 7.20. The molecule has 0 saturated carbocycles. The van der Waals surface area contributed by atoms with Gasteiger partial charge in [-0.15, -0.1) is 0 Å². The van der Waals surface area contributed by atoms with Crippen molar-refractivity contribution in [3.8, 4) is 16.3 Å². The largest absolute Gasteiger partial charge is 0.497 e. The van der Waals surface area contributed by atoms with Gasteiger partial charge in [0.05, 0.1) is 7.11 Å². The minimum absolute atomic E-state index is 0.158. The topological polar surface area (TPSA) is 61.0 Å². The molecule has 0 aliphatic carbocycles. The summed E-state index contributed by atoms with van der Waals surface area (Å²) < 4.78 is 22.2. The number of nitrogen functional groups attached to an aromatic ring is 1. The van der Waals surface area contributed by atoms with Crippen LogP contribution in [0.2, 0.25) is 0 Å². The molecule has 0 bridgehead atoms. The second kappa shape index (κ2) is 3.82. The van der Waals surface area contributed by atoms with Crippen molar-refractivity contribution in [1.82, 2.24) is 9.36 Å². The number of rotatable bonds is 2. The third-order valence-corrected chi connectivity index (χ3v) is 2.61. The van der Waals surface area contributed by atoms with Gasteiger partial charge in [-0.25, -0.2) is 4.39 Å². The van der Waals surface area contributed by atoms with Crippen LogP contribution in [0.4, 0.5) is 10.3 Å². The minimum atomic E-state index is -0.398. The molecule has 0 spiro atoms. The summed E-state index contributed by atoms with van der Waals surface area (Å²) in [6, 6.07) is 4.55. The van der Waals surface area contributed by atoms with Gasteiger partial charge in [-0.3, -0.25) is 0 Å². The zero-order chi connectivity index (χ0) is 10.8. The number of nitrogens with two attached hydrogens (primary N) is 1. The molecule has 0 unspecified atom stereocenters. The highest BCUT2D eigenvalue weighted by atomic mass is 32.1. The molecule has 0 radical (unpaired) electrons. The fraction of sp³-hybridized carbons (Fsp3) is 0.111. The van der Waals surface area contributed by atoms with Crippen LogP contribution in [-0.2, 0) is 0 Å². The van der Waals surface area contributed by atoms with Gasteiger partial charge in [-0.05, 0) is 23.7 Å². The van der Waals surface area contributed by atoms with E-state index in [1.165, 1.54) is 13.2 Å². The summed E-state index contributed by atoms with van der Waals surface area (Å²) >= 11 is 1.06. The maximum atomic E-state index is 13.6. The normalized spacial score (nSPS) is 10.3. The molecule has 0 amide bonds. The van der Waals surface area contributed by atoms with E-state index < -0.39 is 5.82 Å². The Labute approximate surface area is 89.7 Å². The van der Waals surface area contributed by atoms with Crippen molar-refractivity contribution in [3.05, 3.63) is 24.0 Å². The summed E-state index contributed by atoms with van der Waals surface area (Å²) in [5.74, 6) is 0.226. The van der Waals surface area contributed by atoms with Crippen molar-refractivity contribution in [2.24, 2.45) is 0 Å². The van der Waals surface area contributed by atoms with Crippen LogP contribution in [0.3, 0.4) is 0 Å².